The Morgan fingerprint density at radius 1 is 1.47 bits per heavy atom. The van der Waals surface area contributed by atoms with E-state index in [9.17, 15) is 4.79 Å². The van der Waals surface area contributed by atoms with Gasteiger partial charge in [-0.3, -0.25) is 14.5 Å². The number of esters is 1. The highest BCUT2D eigenvalue weighted by Gasteiger charge is 2.04. The van der Waals surface area contributed by atoms with E-state index >= 15 is 0 Å². The molecular formula is C12H15N3O2. The second kappa shape index (κ2) is 5.43. The summed E-state index contributed by atoms with van der Waals surface area (Å²) in [5.74, 6) is -0.151. The van der Waals surface area contributed by atoms with Crippen molar-refractivity contribution in [2.45, 2.75) is 26.3 Å². The molecule has 0 radical (unpaired) electrons. The zero-order valence-corrected chi connectivity index (χ0v) is 9.80. The van der Waals surface area contributed by atoms with Crippen molar-refractivity contribution in [2.24, 2.45) is 0 Å². The Morgan fingerprint density at radius 3 is 3.18 bits per heavy atom. The van der Waals surface area contributed by atoms with Crippen molar-refractivity contribution in [3.63, 3.8) is 0 Å². The van der Waals surface area contributed by atoms with Crippen LogP contribution in [0.25, 0.3) is 10.9 Å². The third kappa shape index (κ3) is 2.81. The first-order valence-electron chi connectivity index (χ1n) is 5.72. The van der Waals surface area contributed by atoms with Crippen molar-refractivity contribution in [2.75, 3.05) is 6.61 Å². The highest BCUT2D eigenvalue weighted by molar-refractivity contribution is 5.77. The molecule has 0 saturated heterocycles. The highest BCUT2D eigenvalue weighted by atomic mass is 16.5. The van der Waals surface area contributed by atoms with E-state index in [2.05, 4.69) is 10.1 Å². The number of hydrogen-bond acceptors (Lipinski definition) is 4. The lowest BCUT2D eigenvalue weighted by Gasteiger charge is -2.03. The Balaban J connectivity index is 1.93. The molecule has 2 rings (SSSR count). The normalized spacial score (nSPS) is 10.6. The van der Waals surface area contributed by atoms with Gasteiger partial charge in [0.1, 0.15) is 0 Å². The van der Waals surface area contributed by atoms with Gasteiger partial charge in [-0.1, -0.05) is 0 Å². The van der Waals surface area contributed by atoms with Crippen LogP contribution in [0.2, 0.25) is 0 Å². The number of hydrogen-bond donors (Lipinski definition) is 0. The third-order valence-corrected chi connectivity index (χ3v) is 2.50. The molecule has 0 unspecified atom stereocenters. The van der Waals surface area contributed by atoms with E-state index in [1.165, 1.54) is 0 Å². The summed E-state index contributed by atoms with van der Waals surface area (Å²) in [6.45, 7) is 2.95. The van der Waals surface area contributed by atoms with Crippen LogP contribution >= 0.6 is 0 Å². The summed E-state index contributed by atoms with van der Waals surface area (Å²) in [7, 11) is 0. The third-order valence-electron chi connectivity index (χ3n) is 2.50. The van der Waals surface area contributed by atoms with Crippen molar-refractivity contribution in [3.05, 3.63) is 24.7 Å². The molecule has 2 heterocycles. The van der Waals surface area contributed by atoms with Gasteiger partial charge in [-0.2, -0.15) is 5.10 Å². The highest BCUT2D eigenvalue weighted by Crippen LogP contribution is 2.11. The Hall–Kier alpha value is -1.91. The summed E-state index contributed by atoms with van der Waals surface area (Å²) in [5.41, 5.74) is 0.997. The predicted molar refractivity (Wildman–Crippen MR) is 63.4 cm³/mol. The standard InChI is InChI=1S/C12H15N3O2/c1-2-17-12(16)4-3-7-15-11-9-13-6-5-10(11)8-14-15/h5-6,8-9H,2-4,7H2,1H3. The zero-order chi connectivity index (χ0) is 12.1. The largest absolute Gasteiger partial charge is 0.466 e. The summed E-state index contributed by atoms with van der Waals surface area (Å²) < 4.78 is 6.73. The molecule has 0 atom stereocenters. The molecule has 5 nitrogen and oxygen atoms in total. The first-order chi connectivity index (χ1) is 8.31. The van der Waals surface area contributed by atoms with E-state index in [1.807, 2.05) is 17.7 Å². The van der Waals surface area contributed by atoms with Gasteiger partial charge in [0.25, 0.3) is 0 Å². The van der Waals surface area contributed by atoms with E-state index < -0.39 is 0 Å². The van der Waals surface area contributed by atoms with Gasteiger partial charge in [-0.25, -0.2) is 0 Å². The van der Waals surface area contributed by atoms with Crippen molar-refractivity contribution < 1.29 is 9.53 Å². The second-order valence-electron chi connectivity index (χ2n) is 3.71. The number of carbonyl (C=O) groups excluding carboxylic acids is 1. The number of carbonyl (C=O) groups is 1. The number of pyridine rings is 1. The summed E-state index contributed by atoms with van der Waals surface area (Å²) in [4.78, 5) is 15.2. The Morgan fingerprint density at radius 2 is 2.35 bits per heavy atom. The van der Waals surface area contributed by atoms with Crippen LogP contribution in [-0.4, -0.2) is 27.3 Å². The molecule has 0 saturated carbocycles. The quantitative estimate of drug-likeness (QED) is 0.738. The number of nitrogens with zero attached hydrogens (tertiary/aromatic N) is 3. The topological polar surface area (TPSA) is 57.0 Å². The fourth-order valence-corrected chi connectivity index (χ4v) is 1.70. The van der Waals surface area contributed by atoms with Gasteiger partial charge < -0.3 is 4.74 Å². The Kier molecular flexibility index (Phi) is 3.69. The van der Waals surface area contributed by atoms with Crippen molar-refractivity contribution in [1.82, 2.24) is 14.8 Å². The van der Waals surface area contributed by atoms with Crippen LogP contribution in [0.15, 0.2) is 24.7 Å². The molecule has 0 aliphatic heterocycles. The first kappa shape index (κ1) is 11.6. The van der Waals surface area contributed by atoms with Crippen LogP contribution in [0.1, 0.15) is 19.8 Å². The molecule has 5 heteroatoms. The minimum absolute atomic E-state index is 0.151. The van der Waals surface area contributed by atoms with Crippen molar-refractivity contribution in [3.8, 4) is 0 Å². The lowest BCUT2D eigenvalue weighted by atomic mass is 10.3. The van der Waals surface area contributed by atoms with Gasteiger partial charge in [-0.05, 0) is 19.4 Å². The zero-order valence-electron chi connectivity index (χ0n) is 9.80. The number of ether oxygens (including phenoxy) is 1. The summed E-state index contributed by atoms with van der Waals surface area (Å²) >= 11 is 0. The van der Waals surface area contributed by atoms with E-state index in [4.69, 9.17) is 4.74 Å². The second-order valence-corrected chi connectivity index (χ2v) is 3.71. The molecule has 0 fully saturated rings. The van der Waals surface area contributed by atoms with Crippen LogP contribution < -0.4 is 0 Å². The van der Waals surface area contributed by atoms with Crippen LogP contribution in [-0.2, 0) is 16.1 Å². The number of fused-ring (bicyclic) bond motifs is 1. The lowest BCUT2D eigenvalue weighted by Crippen LogP contribution is -2.07. The SMILES string of the molecule is CCOC(=O)CCCn1ncc2ccncc21. The summed E-state index contributed by atoms with van der Waals surface area (Å²) in [5, 5.41) is 5.33. The smallest absolute Gasteiger partial charge is 0.305 e. The molecule has 2 aromatic heterocycles. The molecule has 0 aromatic carbocycles. The molecule has 0 N–H and O–H groups in total. The average molecular weight is 233 g/mol. The molecule has 90 valence electrons. The molecule has 0 amide bonds. The van der Waals surface area contributed by atoms with Gasteiger partial charge in [0.2, 0.25) is 0 Å². The monoisotopic (exact) mass is 233 g/mol. The maximum atomic E-state index is 11.2. The van der Waals surface area contributed by atoms with Crippen LogP contribution in [0.4, 0.5) is 0 Å². The molecule has 0 aliphatic carbocycles. The van der Waals surface area contributed by atoms with Crippen LogP contribution in [0.3, 0.4) is 0 Å². The number of rotatable bonds is 5. The van der Waals surface area contributed by atoms with Gasteiger partial charge in [-0.15, -0.1) is 0 Å². The molecule has 0 aliphatic rings. The summed E-state index contributed by atoms with van der Waals surface area (Å²) in [6.07, 6.45) is 6.49. The van der Waals surface area contributed by atoms with Gasteiger partial charge >= 0.3 is 5.97 Å². The fraction of sp³-hybridized carbons (Fsp3) is 0.417. The summed E-state index contributed by atoms with van der Waals surface area (Å²) in [6, 6.07) is 1.92. The Labute approximate surface area is 99.4 Å². The number of aromatic nitrogens is 3. The minimum Gasteiger partial charge on any atom is -0.466 e. The van der Waals surface area contributed by atoms with Gasteiger partial charge in [0.15, 0.2) is 0 Å². The minimum atomic E-state index is -0.151. The van der Waals surface area contributed by atoms with E-state index in [-0.39, 0.29) is 5.97 Å². The average Bonchev–Trinajstić information content (AvgIpc) is 2.73. The van der Waals surface area contributed by atoms with E-state index in [0.717, 1.165) is 17.3 Å². The maximum absolute atomic E-state index is 11.2. The van der Waals surface area contributed by atoms with Crippen molar-refractivity contribution >= 4 is 16.9 Å². The van der Waals surface area contributed by atoms with E-state index in [1.54, 1.807) is 18.6 Å². The number of aryl methyl sites for hydroxylation is 1. The van der Waals surface area contributed by atoms with Gasteiger partial charge in [0, 0.05) is 24.5 Å². The molecule has 2 aromatic rings. The first-order valence-corrected chi connectivity index (χ1v) is 5.72. The lowest BCUT2D eigenvalue weighted by molar-refractivity contribution is -0.143. The van der Waals surface area contributed by atoms with Crippen molar-refractivity contribution in [1.29, 1.82) is 0 Å². The van der Waals surface area contributed by atoms with Crippen LogP contribution in [0, 0.1) is 0 Å². The molecule has 0 bridgehead atoms. The molecule has 0 spiro atoms. The molecular weight excluding hydrogens is 218 g/mol. The van der Waals surface area contributed by atoms with E-state index in [0.29, 0.717) is 19.6 Å². The maximum Gasteiger partial charge on any atom is 0.305 e. The Bertz CT molecular complexity index is 507. The molecule has 17 heavy (non-hydrogen) atoms. The fourth-order valence-electron chi connectivity index (χ4n) is 1.70. The predicted octanol–water partition coefficient (Wildman–Crippen LogP) is 1.77. The van der Waals surface area contributed by atoms with Gasteiger partial charge in [0.05, 0.1) is 24.5 Å². The van der Waals surface area contributed by atoms with Crippen LogP contribution in [0.5, 0.6) is 0 Å².